The van der Waals surface area contributed by atoms with Crippen LogP contribution in [0.15, 0.2) is 24.3 Å². The van der Waals surface area contributed by atoms with Gasteiger partial charge in [0.1, 0.15) is 0 Å². The van der Waals surface area contributed by atoms with Crippen LogP contribution in [0.25, 0.3) is 0 Å². The van der Waals surface area contributed by atoms with Gasteiger partial charge in [-0.15, -0.1) is 0 Å². The molecule has 9 heavy (non-hydrogen) atoms. The van der Waals surface area contributed by atoms with Crippen LogP contribution in [0, 0.1) is 0 Å². The average Bonchev–Trinajstić information content (AvgIpc) is 1.85. The van der Waals surface area contributed by atoms with Gasteiger partial charge in [-0.1, -0.05) is 24.3 Å². The fourth-order valence-corrected chi connectivity index (χ4v) is 0.488. The monoisotopic (exact) mass is 126 g/mol. The smallest absolute Gasteiger partial charge is 0.0310 e. The highest BCUT2D eigenvalue weighted by Crippen LogP contribution is 1.87. The number of hydrazine groups is 1. The van der Waals surface area contributed by atoms with Crippen LogP contribution in [0.4, 0.5) is 0 Å². The second-order valence-electron chi connectivity index (χ2n) is 1.85. The van der Waals surface area contributed by atoms with Gasteiger partial charge in [-0.3, -0.25) is 10.9 Å². The normalized spacial score (nSPS) is 11.6. The molecule has 0 aliphatic heterocycles. The van der Waals surface area contributed by atoms with Crippen molar-refractivity contribution in [2.45, 2.75) is 6.92 Å². The van der Waals surface area contributed by atoms with Crippen LogP contribution in [-0.2, 0) is 0 Å². The fourth-order valence-electron chi connectivity index (χ4n) is 0.488. The summed E-state index contributed by atoms with van der Waals surface area (Å²) in [5, 5.41) is 0. The summed E-state index contributed by atoms with van der Waals surface area (Å²) in [4.78, 5) is 0. The minimum atomic E-state index is 0.864. The summed E-state index contributed by atoms with van der Waals surface area (Å²) in [7, 11) is 1.85. The highest BCUT2D eigenvalue weighted by atomic mass is 15.3. The van der Waals surface area contributed by atoms with Crippen LogP contribution >= 0.6 is 0 Å². The van der Waals surface area contributed by atoms with Crippen molar-refractivity contribution in [3.63, 3.8) is 0 Å². The van der Waals surface area contributed by atoms with E-state index in [9.17, 15) is 0 Å². The number of hydrogen-bond donors (Lipinski definition) is 2. The maximum atomic E-state index is 3.58. The molecule has 0 aromatic carbocycles. The summed E-state index contributed by atoms with van der Waals surface area (Å²) < 4.78 is 0. The number of hydrogen-bond acceptors (Lipinski definition) is 2. The molecular weight excluding hydrogens is 112 g/mol. The largest absolute Gasteiger partial charge is 0.261 e. The number of nitrogens with one attached hydrogen (secondary N) is 2. The van der Waals surface area contributed by atoms with Crippen LogP contribution in [0.5, 0.6) is 0 Å². The molecule has 2 nitrogen and oxygen atoms in total. The van der Waals surface area contributed by atoms with Crippen LogP contribution in [0.2, 0.25) is 0 Å². The molecule has 2 N–H and O–H groups in total. The molecule has 52 valence electrons. The fraction of sp³-hybridized carbons (Fsp3) is 0.429. The Morgan fingerprint density at radius 1 is 1.67 bits per heavy atom. The minimum Gasteiger partial charge on any atom is -0.261 e. The second-order valence-corrected chi connectivity index (χ2v) is 1.85. The Balaban J connectivity index is 3.36. The average molecular weight is 126 g/mol. The Bertz CT molecular complexity index is 105. The Morgan fingerprint density at radius 2 is 2.33 bits per heavy atom. The van der Waals surface area contributed by atoms with Gasteiger partial charge < -0.3 is 0 Å². The predicted octanol–water partition coefficient (Wildman–Crippen LogP) is 0.843. The van der Waals surface area contributed by atoms with Crippen LogP contribution in [0.1, 0.15) is 6.92 Å². The third-order valence-electron chi connectivity index (χ3n) is 0.946. The highest BCUT2D eigenvalue weighted by molar-refractivity contribution is 5.08. The zero-order chi connectivity index (χ0) is 7.11. The van der Waals surface area contributed by atoms with Gasteiger partial charge in [-0.25, -0.2) is 0 Å². The molecule has 0 radical (unpaired) electrons. The van der Waals surface area contributed by atoms with Crippen LogP contribution < -0.4 is 10.9 Å². The minimum absolute atomic E-state index is 0.864. The molecule has 0 heterocycles. The zero-order valence-electron chi connectivity index (χ0n) is 6.07. The van der Waals surface area contributed by atoms with Gasteiger partial charge in [-0.05, 0) is 14.0 Å². The molecule has 0 aromatic heterocycles. The van der Waals surface area contributed by atoms with E-state index in [0.717, 1.165) is 6.54 Å². The summed E-state index contributed by atoms with van der Waals surface area (Å²) >= 11 is 0. The summed E-state index contributed by atoms with van der Waals surface area (Å²) in [6.45, 7) is 6.50. The molecule has 0 saturated carbocycles. The standard InChI is InChI=1S/C7H14N2/c1-4-5-7(2)6-9-8-3/h4-5,8-9H,1,6H2,2-3H3/b7-5+. The Labute approximate surface area is 56.6 Å². The van der Waals surface area contributed by atoms with E-state index < -0.39 is 0 Å². The van der Waals surface area contributed by atoms with E-state index >= 15 is 0 Å². The Kier molecular flexibility index (Phi) is 5.17. The second kappa shape index (κ2) is 5.54. The lowest BCUT2D eigenvalue weighted by molar-refractivity contribution is 0.633. The van der Waals surface area contributed by atoms with Crippen molar-refractivity contribution in [3.05, 3.63) is 24.3 Å². The maximum Gasteiger partial charge on any atom is 0.0310 e. The van der Waals surface area contributed by atoms with Crippen molar-refractivity contribution >= 4 is 0 Å². The lowest BCUT2D eigenvalue weighted by Gasteiger charge is -1.99. The third kappa shape index (κ3) is 5.27. The van der Waals surface area contributed by atoms with Crippen molar-refractivity contribution in [1.82, 2.24) is 10.9 Å². The van der Waals surface area contributed by atoms with Gasteiger partial charge in [0.25, 0.3) is 0 Å². The summed E-state index contributed by atoms with van der Waals surface area (Å²) in [5.41, 5.74) is 7.06. The van der Waals surface area contributed by atoms with E-state index in [1.807, 2.05) is 20.0 Å². The van der Waals surface area contributed by atoms with E-state index in [1.165, 1.54) is 5.57 Å². The molecule has 0 spiro atoms. The SMILES string of the molecule is C=C/C=C(\C)CNNC. The Morgan fingerprint density at radius 3 is 2.78 bits per heavy atom. The van der Waals surface area contributed by atoms with E-state index in [4.69, 9.17) is 0 Å². The first kappa shape index (κ1) is 8.40. The van der Waals surface area contributed by atoms with Gasteiger partial charge in [0.2, 0.25) is 0 Å². The molecule has 0 amide bonds. The molecule has 2 heteroatoms. The highest BCUT2D eigenvalue weighted by Gasteiger charge is 1.82. The van der Waals surface area contributed by atoms with Gasteiger partial charge in [-0.2, -0.15) is 0 Å². The lowest BCUT2D eigenvalue weighted by atomic mass is 10.3. The summed E-state index contributed by atoms with van der Waals surface area (Å²) in [6, 6.07) is 0. The van der Waals surface area contributed by atoms with Crippen molar-refractivity contribution in [2.24, 2.45) is 0 Å². The van der Waals surface area contributed by atoms with Gasteiger partial charge in [0.15, 0.2) is 0 Å². The van der Waals surface area contributed by atoms with Gasteiger partial charge in [0.05, 0.1) is 0 Å². The van der Waals surface area contributed by atoms with Crippen LogP contribution in [-0.4, -0.2) is 13.6 Å². The van der Waals surface area contributed by atoms with Crippen molar-refractivity contribution in [2.75, 3.05) is 13.6 Å². The van der Waals surface area contributed by atoms with Crippen molar-refractivity contribution in [3.8, 4) is 0 Å². The molecule has 0 fully saturated rings. The van der Waals surface area contributed by atoms with E-state index in [0.29, 0.717) is 0 Å². The molecule has 0 rings (SSSR count). The molecule has 0 bridgehead atoms. The van der Waals surface area contributed by atoms with Gasteiger partial charge in [0, 0.05) is 6.54 Å². The number of rotatable bonds is 4. The summed E-state index contributed by atoms with van der Waals surface area (Å²) in [6.07, 6.45) is 3.76. The lowest BCUT2D eigenvalue weighted by Crippen LogP contribution is -2.28. The van der Waals surface area contributed by atoms with Gasteiger partial charge >= 0.3 is 0 Å². The first-order valence-corrected chi connectivity index (χ1v) is 2.99. The quantitative estimate of drug-likeness (QED) is 0.431. The van der Waals surface area contributed by atoms with E-state index in [1.54, 1.807) is 6.08 Å². The van der Waals surface area contributed by atoms with Crippen molar-refractivity contribution in [1.29, 1.82) is 0 Å². The third-order valence-corrected chi connectivity index (χ3v) is 0.946. The van der Waals surface area contributed by atoms with Crippen molar-refractivity contribution < 1.29 is 0 Å². The first-order valence-electron chi connectivity index (χ1n) is 2.99. The molecule has 0 saturated heterocycles. The zero-order valence-corrected chi connectivity index (χ0v) is 6.07. The Hall–Kier alpha value is -0.600. The van der Waals surface area contributed by atoms with E-state index in [-0.39, 0.29) is 0 Å². The molecule has 0 unspecified atom stereocenters. The summed E-state index contributed by atoms with van der Waals surface area (Å²) in [5.74, 6) is 0. The maximum absolute atomic E-state index is 3.58. The first-order chi connectivity index (χ1) is 4.31. The molecule has 0 aliphatic carbocycles. The molecular formula is C7H14N2. The number of allylic oxidation sites excluding steroid dienone is 2. The van der Waals surface area contributed by atoms with Crippen LogP contribution in [0.3, 0.4) is 0 Å². The molecule has 0 aromatic rings. The molecule has 0 atom stereocenters. The topological polar surface area (TPSA) is 24.1 Å². The van der Waals surface area contributed by atoms with E-state index in [2.05, 4.69) is 17.4 Å². The predicted molar refractivity (Wildman–Crippen MR) is 41.0 cm³/mol. The molecule has 0 aliphatic rings.